The van der Waals surface area contributed by atoms with Crippen LogP contribution in [0.3, 0.4) is 0 Å². The molecule has 0 amide bonds. The zero-order chi connectivity index (χ0) is 6.69. The molecule has 9 heavy (non-hydrogen) atoms. The number of methoxy groups -OCH3 is 1. The van der Waals surface area contributed by atoms with Crippen LogP contribution in [-0.4, -0.2) is 16.7 Å². The van der Waals surface area contributed by atoms with Crippen molar-refractivity contribution in [2.45, 2.75) is 6.73 Å². The van der Waals surface area contributed by atoms with E-state index >= 15 is 0 Å². The molecule has 0 aromatic carbocycles. The van der Waals surface area contributed by atoms with Gasteiger partial charge in [0.1, 0.15) is 6.73 Å². The SMILES string of the molecule is COCn1ccnc1F. The lowest BCUT2D eigenvalue weighted by Crippen LogP contribution is -2.00. The Labute approximate surface area is 52.1 Å². The van der Waals surface area contributed by atoms with Crippen LogP contribution < -0.4 is 0 Å². The van der Waals surface area contributed by atoms with Gasteiger partial charge in [-0.2, -0.15) is 4.39 Å². The molecule has 1 rings (SSSR count). The topological polar surface area (TPSA) is 27.1 Å². The van der Waals surface area contributed by atoms with Crippen molar-refractivity contribution in [2.24, 2.45) is 0 Å². The number of aromatic nitrogens is 2. The Bertz CT molecular complexity index is 187. The van der Waals surface area contributed by atoms with Crippen LogP contribution in [0.5, 0.6) is 0 Å². The Kier molecular flexibility index (Phi) is 1.79. The third-order valence-electron chi connectivity index (χ3n) is 0.933. The highest BCUT2D eigenvalue weighted by molar-refractivity contribution is 4.75. The van der Waals surface area contributed by atoms with Gasteiger partial charge >= 0.3 is 0 Å². The zero-order valence-electron chi connectivity index (χ0n) is 5.04. The zero-order valence-corrected chi connectivity index (χ0v) is 5.04. The summed E-state index contributed by atoms with van der Waals surface area (Å²) in [5.74, 6) is 0. The van der Waals surface area contributed by atoms with Crippen LogP contribution in [0.15, 0.2) is 12.4 Å². The van der Waals surface area contributed by atoms with Gasteiger partial charge in [-0.15, -0.1) is 0 Å². The summed E-state index contributed by atoms with van der Waals surface area (Å²) in [6.07, 6.45) is 2.38. The minimum absolute atomic E-state index is 0.214. The summed E-state index contributed by atoms with van der Waals surface area (Å²) in [5, 5.41) is 0. The van der Waals surface area contributed by atoms with Crippen molar-refractivity contribution in [3.8, 4) is 0 Å². The molecule has 0 saturated carbocycles. The predicted molar refractivity (Wildman–Crippen MR) is 29.2 cm³/mol. The monoisotopic (exact) mass is 130 g/mol. The summed E-state index contributed by atoms with van der Waals surface area (Å²) in [5.41, 5.74) is 0. The summed E-state index contributed by atoms with van der Waals surface area (Å²) >= 11 is 0. The van der Waals surface area contributed by atoms with E-state index in [1.165, 1.54) is 24.1 Å². The number of hydrogen-bond donors (Lipinski definition) is 0. The second-order valence-corrected chi connectivity index (χ2v) is 1.58. The summed E-state index contributed by atoms with van der Waals surface area (Å²) in [4.78, 5) is 3.35. The normalized spacial score (nSPS) is 10.0. The molecule has 1 heterocycles. The van der Waals surface area contributed by atoms with E-state index in [1.54, 1.807) is 0 Å². The summed E-state index contributed by atoms with van der Waals surface area (Å²) in [7, 11) is 1.50. The average molecular weight is 130 g/mol. The molecule has 0 aliphatic heterocycles. The summed E-state index contributed by atoms with van der Waals surface area (Å²) in [6, 6.07) is 0. The van der Waals surface area contributed by atoms with E-state index in [1.807, 2.05) is 0 Å². The first-order valence-electron chi connectivity index (χ1n) is 2.50. The molecule has 4 heteroatoms. The third kappa shape index (κ3) is 1.26. The minimum Gasteiger partial charge on any atom is -0.364 e. The molecule has 1 aromatic heterocycles. The highest BCUT2D eigenvalue weighted by atomic mass is 19.1. The van der Waals surface area contributed by atoms with E-state index < -0.39 is 6.08 Å². The fourth-order valence-electron chi connectivity index (χ4n) is 0.546. The van der Waals surface area contributed by atoms with Gasteiger partial charge in [0.05, 0.1) is 0 Å². The standard InChI is InChI=1S/C5H7FN2O/c1-9-4-8-3-2-7-5(8)6/h2-3H,4H2,1H3. The average Bonchev–Trinajstić information content (AvgIpc) is 2.18. The van der Waals surface area contributed by atoms with Gasteiger partial charge in [-0.3, -0.25) is 4.57 Å². The van der Waals surface area contributed by atoms with Crippen molar-refractivity contribution in [2.75, 3.05) is 7.11 Å². The van der Waals surface area contributed by atoms with Crippen LogP contribution in [0.25, 0.3) is 0 Å². The Morgan fingerprint density at radius 1 is 1.89 bits per heavy atom. The Morgan fingerprint density at radius 2 is 2.67 bits per heavy atom. The van der Waals surface area contributed by atoms with Crippen LogP contribution in [0, 0.1) is 6.08 Å². The van der Waals surface area contributed by atoms with Crippen molar-refractivity contribution in [3.05, 3.63) is 18.5 Å². The molecular formula is C5H7FN2O. The molecule has 0 radical (unpaired) electrons. The molecule has 0 fully saturated rings. The van der Waals surface area contributed by atoms with Gasteiger partial charge in [-0.25, -0.2) is 4.98 Å². The lowest BCUT2D eigenvalue weighted by molar-refractivity contribution is 0.120. The van der Waals surface area contributed by atoms with Gasteiger partial charge in [0.2, 0.25) is 0 Å². The second kappa shape index (κ2) is 2.59. The Morgan fingerprint density at radius 3 is 3.11 bits per heavy atom. The largest absolute Gasteiger partial charge is 0.364 e. The number of rotatable bonds is 2. The first-order chi connectivity index (χ1) is 4.34. The maximum atomic E-state index is 12.3. The maximum absolute atomic E-state index is 12.3. The molecule has 3 nitrogen and oxygen atoms in total. The number of ether oxygens (including phenoxy) is 1. The molecule has 0 aliphatic carbocycles. The smallest absolute Gasteiger partial charge is 0.291 e. The van der Waals surface area contributed by atoms with E-state index in [4.69, 9.17) is 0 Å². The van der Waals surface area contributed by atoms with Gasteiger partial charge in [-0.1, -0.05) is 0 Å². The first kappa shape index (κ1) is 6.22. The van der Waals surface area contributed by atoms with Gasteiger partial charge < -0.3 is 4.74 Å². The molecular weight excluding hydrogens is 123 g/mol. The number of halogens is 1. The van der Waals surface area contributed by atoms with Crippen molar-refractivity contribution < 1.29 is 9.13 Å². The predicted octanol–water partition coefficient (Wildman–Crippen LogP) is 0.626. The molecule has 1 aromatic rings. The number of nitrogens with zero attached hydrogens (tertiary/aromatic N) is 2. The van der Waals surface area contributed by atoms with Crippen LogP contribution >= 0.6 is 0 Å². The van der Waals surface area contributed by atoms with Crippen molar-refractivity contribution in [1.29, 1.82) is 0 Å². The van der Waals surface area contributed by atoms with E-state index in [0.29, 0.717) is 0 Å². The number of imidazole rings is 1. The third-order valence-corrected chi connectivity index (χ3v) is 0.933. The quantitative estimate of drug-likeness (QED) is 0.587. The fourth-order valence-corrected chi connectivity index (χ4v) is 0.546. The van der Waals surface area contributed by atoms with Crippen LogP contribution in [0.2, 0.25) is 0 Å². The summed E-state index contributed by atoms with van der Waals surface area (Å²) < 4.78 is 18.2. The van der Waals surface area contributed by atoms with E-state index in [2.05, 4.69) is 9.72 Å². The Hall–Kier alpha value is -0.900. The molecule has 0 aliphatic rings. The highest BCUT2D eigenvalue weighted by Crippen LogP contribution is 1.92. The molecule has 0 spiro atoms. The van der Waals surface area contributed by atoms with Crippen LogP contribution in [0.4, 0.5) is 4.39 Å². The molecule has 0 N–H and O–H groups in total. The van der Waals surface area contributed by atoms with E-state index in [-0.39, 0.29) is 6.73 Å². The van der Waals surface area contributed by atoms with Gasteiger partial charge in [0, 0.05) is 19.5 Å². The van der Waals surface area contributed by atoms with Gasteiger partial charge in [-0.05, 0) is 0 Å². The highest BCUT2D eigenvalue weighted by Gasteiger charge is 1.96. The van der Waals surface area contributed by atoms with Crippen LogP contribution in [-0.2, 0) is 11.5 Å². The first-order valence-corrected chi connectivity index (χ1v) is 2.50. The van der Waals surface area contributed by atoms with Crippen LogP contribution in [0.1, 0.15) is 0 Å². The van der Waals surface area contributed by atoms with Crippen molar-refractivity contribution in [3.63, 3.8) is 0 Å². The molecule has 0 unspecified atom stereocenters. The molecule has 0 bridgehead atoms. The second-order valence-electron chi connectivity index (χ2n) is 1.58. The van der Waals surface area contributed by atoms with Crippen molar-refractivity contribution in [1.82, 2.24) is 9.55 Å². The fraction of sp³-hybridized carbons (Fsp3) is 0.400. The number of hydrogen-bond acceptors (Lipinski definition) is 2. The van der Waals surface area contributed by atoms with E-state index in [0.717, 1.165) is 0 Å². The van der Waals surface area contributed by atoms with Crippen molar-refractivity contribution >= 4 is 0 Å². The van der Waals surface area contributed by atoms with Gasteiger partial charge in [0.25, 0.3) is 6.08 Å². The molecule has 50 valence electrons. The van der Waals surface area contributed by atoms with E-state index in [9.17, 15) is 4.39 Å². The lowest BCUT2D eigenvalue weighted by Gasteiger charge is -1.97. The Balaban J connectivity index is 2.69. The lowest BCUT2D eigenvalue weighted by atomic mass is 10.9. The van der Waals surface area contributed by atoms with Gasteiger partial charge in [0.15, 0.2) is 0 Å². The minimum atomic E-state index is -0.517. The maximum Gasteiger partial charge on any atom is 0.291 e. The molecule has 0 atom stereocenters. The molecule has 0 saturated heterocycles. The summed E-state index contributed by atoms with van der Waals surface area (Å²) in [6.45, 7) is 0.214.